The summed E-state index contributed by atoms with van der Waals surface area (Å²) >= 11 is 0. The smallest absolute Gasteiger partial charge is 0.0488 e. The number of pyridine rings is 1. The molecule has 0 aliphatic heterocycles. The molecular formula is C13H23N3. The van der Waals surface area contributed by atoms with E-state index in [1.165, 1.54) is 5.56 Å². The number of hydrogen-bond acceptors (Lipinski definition) is 3. The van der Waals surface area contributed by atoms with Crippen LogP contribution in [-0.4, -0.2) is 29.0 Å². The molecule has 0 bridgehead atoms. The van der Waals surface area contributed by atoms with Gasteiger partial charge in [0.15, 0.2) is 0 Å². The summed E-state index contributed by atoms with van der Waals surface area (Å²) in [4.78, 5) is 6.61. The van der Waals surface area contributed by atoms with Gasteiger partial charge < -0.3 is 5.73 Å². The Morgan fingerprint density at radius 3 is 2.62 bits per heavy atom. The molecule has 0 aliphatic rings. The summed E-state index contributed by atoms with van der Waals surface area (Å²) in [5, 5.41) is 0. The molecule has 1 aromatic heterocycles. The highest BCUT2D eigenvalue weighted by Gasteiger charge is 2.20. The second kappa shape index (κ2) is 6.61. The molecule has 0 saturated carbocycles. The molecule has 90 valence electrons. The normalized spacial score (nSPS) is 13.4. The van der Waals surface area contributed by atoms with Crippen LogP contribution in [-0.2, 0) is 0 Å². The van der Waals surface area contributed by atoms with Crippen LogP contribution < -0.4 is 5.73 Å². The molecule has 0 spiro atoms. The average Bonchev–Trinajstić information content (AvgIpc) is 2.30. The van der Waals surface area contributed by atoms with Crippen molar-refractivity contribution in [3.8, 4) is 0 Å². The van der Waals surface area contributed by atoms with Gasteiger partial charge in [-0.05, 0) is 38.4 Å². The predicted octanol–water partition coefficient (Wildman–Crippen LogP) is 2.20. The van der Waals surface area contributed by atoms with Crippen molar-refractivity contribution in [2.45, 2.75) is 39.3 Å². The third kappa shape index (κ3) is 3.29. The Labute approximate surface area is 98.7 Å². The monoisotopic (exact) mass is 221 g/mol. The van der Waals surface area contributed by atoms with Crippen LogP contribution in [0.5, 0.6) is 0 Å². The zero-order valence-corrected chi connectivity index (χ0v) is 10.6. The van der Waals surface area contributed by atoms with Gasteiger partial charge in [-0.15, -0.1) is 0 Å². The van der Waals surface area contributed by atoms with Crippen molar-refractivity contribution in [2.24, 2.45) is 5.73 Å². The van der Waals surface area contributed by atoms with Gasteiger partial charge in [-0.1, -0.05) is 13.0 Å². The molecule has 1 unspecified atom stereocenters. The first-order valence-corrected chi connectivity index (χ1v) is 6.06. The second-order valence-corrected chi connectivity index (χ2v) is 4.37. The van der Waals surface area contributed by atoms with Gasteiger partial charge in [0.05, 0.1) is 0 Å². The average molecular weight is 221 g/mol. The lowest BCUT2D eigenvalue weighted by Gasteiger charge is -2.34. The van der Waals surface area contributed by atoms with Gasteiger partial charge >= 0.3 is 0 Å². The van der Waals surface area contributed by atoms with Crippen LogP contribution in [0, 0.1) is 0 Å². The van der Waals surface area contributed by atoms with E-state index in [-0.39, 0.29) is 6.04 Å². The van der Waals surface area contributed by atoms with Crippen LogP contribution in [0.2, 0.25) is 0 Å². The van der Waals surface area contributed by atoms with Gasteiger partial charge in [0.1, 0.15) is 0 Å². The van der Waals surface area contributed by atoms with Crippen LogP contribution >= 0.6 is 0 Å². The zero-order chi connectivity index (χ0) is 12.0. The van der Waals surface area contributed by atoms with E-state index < -0.39 is 0 Å². The van der Waals surface area contributed by atoms with Crippen molar-refractivity contribution in [1.82, 2.24) is 9.88 Å². The summed E-state index contributed by atoms with van der Waals surface area (Å²) in [5.74, 6) is 0. The van der Waals surface area contributed by atoms with Gasteiger partial charge in [-0.25, -0.2) is 0 Å². The predicted molar refractivity (Wildman–Crippen MR) is 68.2 cm³/mol. The van der Waals surface area contributed by atoms with Gasteiger partial charge in [0, 0.05) is 31.0 Å². The van der Waals surface area contributed by atoms with Gasteiger partial charge in [0.2, 0.25) is 0 Å². The van der Waals surface area contributed by atoms with Crippen molar-refractivity contribution < 1.29 is 0 Å². The molecule has 1 aromatic rings. The van der Waals surface area contributed by atoms with E-state index in [0.29, 0.717) is 12.6 Å². The quantitative estimate of drug-likeness (QED) is 0.800. The fraction of sp³-hybridized carbons (Fsp3) is 0.615. The fourth-order valence-corrected chi connectivity index (χ4v) is 2.07. The standard InChI is InChI=1S/C13H23N3/c1-4-8-16(11(2)3)13(9-14)12-6-5-7-15-10-12/h5-7,10-11,13H,4,8-9,14H2,1-3H3. The van der Waals surface area contributed by atoms with Crippen LogP contribution in [0.4, 0.5) is 0 Å². The Morgan fingerprint density at radius 1 is 1.44 bits per heavy atom. The molecule has 1 atom stereocenters. The van der Waals surface area contributed by atoms with Crippen molar-refractivity contribution in [1.29, 1.82) is 0 Å². The molecule has 1 heterocycles. The minimum atomic E-state index is 0.286. The van der Waals surface area contributed by atoms with Crippen molar-refractivity contribution >= 4 is 0 Å². The first kappa shape index (κ1) is 13.1. The third-order valence-corrected chi connectivity index (χ3v) is 2.84. The molecule has 16 heavy (non-hydrogen) atoms. The first-order chi connectivity index (χ1) is 7.70. The molecule has 0 radical (unpaired) electrons. The van der Waals surface area contributed by atoms with E-state index in [1.54, 1.807) is 6.20 Å². The Kier molecular flexibility index (Phi) is 5.43. The number of aromatic nitrogens is 1. The van der Waals surface area contributed by atoms with Crippen LogP contribution in [0.15, 0.2) is 24.5 Å². The van der Waals surface area contributed by atoms with E-state index in [4.69, 9.17) is 5.73 Å². The first-order valence-electron chi connectivity index (χ1n) is 6.06. The lowest BCUT2D eigenvalue weighted by Crippen LogP contribution is -2.39. The summed E-state index contributed by atoms with van der Waals surface area (Å²) in [6.45, 7) is 8.36. The number of hydrogen-bond donors (Lipinski definition) is 1. The number of nitrogens with zero attached hydrogens (tertiary/aromatic N) is 2. The van der Waals surface area contributed by atoms with Crippen molar-refractivity contribution in [2.75, 3.05) is 13.1 Å². The third-order valence-electron chi connectivity index (χ3n) is 2.84. The molecule has 0 aromatic carbocycles. The summed E-state index contributed by atoms with van der Waals surface area (Å²) in [6.07, 6.45) is 4.87. The molecule has 1 rings (SSSR count). The molecule has 0 saturated heterocycles. The molecule has 0 fully saturated rings. The summed E-state index contributed by atoms with van der Waals surface area (Å²) in [5.41, 5.74) is 7.12. The van der Waals surface area contributed by atoms with Crippen molar-refractivity contribution in [3.05, 3.63) is 30.1 Å². The van der Waals surface area contributed by atoms with Crippen LogP contribution in [0.3, 0.4) is 0 Å². The summed E-state index contributed by atoms with van der Waals surface area (Å²) in [6, 6.07) is 4.88. The molecular weight excluding hydrogens is 198 g/mol. The number of rotatable bonds is 6. The highest BCUT2D eigenvalue weighted by atomic mass is 15.2. The second-order valence-electron chi connectivity index (χ2n) is 4.37. The van der Waals surface area contributed by atoms with Crippen LogP contribution in [0.25, 0.3) is 0 Å². The minimum absolute atomic E-state index is 0.286. The van der Waals surface area contributed by atoms with Gasteiger partial charge in [0.25, 0.3) is 0 Å². The molecule has 0 aliphatic carbocycles. The Balaban J connectivity index is 2.86. The lowest BCUT2D eigenvalue weighted by molar-refractivity contribution is 0.157. The highest BCUT2D eigenvalue weighted by Crippen LogP contribution is 2.21. The molecule has 0 amide bonds. The fourth-order valence-electron chi connectivity index (χ4n) is 2.07. The summed E-state index contributed by atoms with van der Waals surface area (Å²) in [7, 11) is 0. The van der Waals surface area contributed by atoms with E-state index in [0.717, 1.165) is 13.0 Å². The lowest BCUT2D eigenvalue weighted by atomic mass is 10.1. The highest BCUT2D eigenvalue weighted by molar-refractivity contribution is 5.14. The largest absolute Gasteiger partial charge is 0.329 e. The Hall–Kier alpha value is -0.930. The topological polar surface area (TPSA) is 42.1 Å². The van der Waals surface area contributed by atoms with E-state index in [9.17, 15) is 0 Å². The SMILES string of the molecule is CCCN(C(C)C)C(CN)c1cccnc1. The Morgan fingerprint density at radius 2 is 2.19 bits per heavy atom. The Bertz CT molecular complexity index is 284. The molecule has 3 heteroatoms. The van der Waals surface area contributed by atoms with Gasteiger partial charge in [-0.3, -0.25) is 9.88 Å². The minimum Gasteiger partial charge on any atom is -0.329 e. The van der Waals surface area contributed by atoms with Crippen LogP contribution in [0.1, 0.15) is 38.8 Å². The summed E-state index contributed by atoms with van der Waals surface area (Å²) < 4.78 is 0. The maximum absolute atomic E-state index is 5.90. The van der Waals surface area contributed by atoms with E-state index in [2.05, 4.69) is 36.7 Å². The molecule has 2 N–H and O–H groups in total. The van der Waals surface area contributed by atoms with Gasteiger partial charge in [-0.2, -0.15) is 0 Å². The van der Waals surface area contributed by atoms with E-state index in [1.807, 2.05) is 12.3 Å². The maximum Gasteiger partial charge on any atom is 0.0488 e. The zero-order valence-electron chi connectivity index (χ0n) is 10.6. The van der Waals surface area contributed by atoms with Crippen molar-refractivity contribution in [3.63, 3.8) is 0 Å². The number of nitrogens with two attached hydrogens (primary N) is 1. The molecule has 3 nitrogen and oxygen atoms in total. The maximum atomic E-state index is 5.90. The van der Waals surface area contributed by atoms with E-state index >= 15 is 0 Å².